The van der Waals surface area contributed by atoms with Gasteiger partial charge >= 0.3 is 0 Å². The van der Waals surface area contributed by atoms with Gasteiger partial charge in [-0.25, -0.2) is 0 Å². The van der Waals surface area contributed by atoms with Crippen molar-refractivity contribution >= 4 is 11.9 Å². The number of aliphatic imine (C=N–C) groups is 1. The summed E-state index contributed by atoms with van der Waals surface area (Å²) in [7, 11) is 1.36. The molecule has 0 aliphatic rings. The van der Waals surface area contributed by atoms with Crippen LogP contribution >= 0.6 is 0 Å². The highest BCUT2D eigenvalue weighted by Gasteiger charge is 2.02. The standard InChI is InChI=1S/C9H10N2O2/c1-13-9(10)11-8(12)7-5-3-2-4-6-7/h2-6H,1H3,(H2,10,11,12). The zero-order chi connectivity index (χ0) is 9.68. The largest absolute Gasteiger partial charge is 0.468 e. The molecule has 0 heterocycles. The van der Waals surface area contributed by atoms with Gasteiger partial charge in [-0.2, -0.15) is 4.99 Å². The number of nitrogens with two attached hydrogens (primary N) is 1. The van der Waals surface area contributed by atoms with Crippen molar-refractivity contribution in [3.05, 3.63) is 35.9 Å². The first-order valence-corrected chi connectivity index (χ1v) is 3.71. The van der Waals surface area contributed by atoms with Crippen molar-refractivity contribution < 1.29 is 9.53 Å². The van der Waals surface area contributed by atoms with E-state index in [1.54, 1.807) is 24.3 Å². The molecule has 1 rings (SSSR count). The number of rotatable bonds is 1. The molecule has 1 amide bonds. The fourth-order valence-corrected chi connectivity index (χ4v) is 0.791. The second-order valence-electron chi connectivity index (χ2n) is 2.33. The van der Waals surface area contributed by atoms with Crippen LogP contribution in [0.3, 0.4) is 0 Å². The molecular formula is C9H10N2O2. The summed E-state index contributed by atoms with van der Waals surface area (Å²) in [6, 6.07) is 8.52. The Kier molecular flexibility index (Phi) is 3.03. The second kappa shape index (κ2) is 4.25. The summed E-state index contributed by atoms with van der Waals surface area (Å²) in [6.45, 7) is 0. The molecule has 1 aromatic carbocycles. The summed E-state index contributed by atoms with van der Waals surface area (Å²) in [6.07, 6.45) is 0. The lowest BCUT2D eigenvalue weighted by molar-refractivity contribution is 0.1000. The Bertz CT molecular complexity index is 320. The monoisotopic (exact) mass is 178 g/mol. The molecule has 2 N–H and O–H groups in total. The van der Waals surface area contributed by atoms with E-state index in [0.717, 1.165) is 0 Å². The SMILES string of the molecule is COC(N)=NC(=O)c1ccccc1. The average Bonchev–Trinajstić information content (AvgIpc) is 2.19. The van der Waals surface area contributed by atoms with E-state index in [-0.39, 0.29) is 6.02 Å². The number of amides is 1. The van der Waals surface area contributed by atoms with Crippen molar-refractivity contribution in [3.8, 4) is 0 Å². The van der Waals surface area contributed by atoms with Gasteiger partial charge < -0.3 is 10.5 Å². The molecule has 1 aromatic rings. The molecular weight excluding hydrogens is 168 g/mol. The number of hydrogen-bond acceptors (Lipinski definition) is 2. The van der Waals surface area contributed by atoms with Crippen LogP contribution in [-0.4, -0.2) is 19.0 Å². The third-order valence-electron chi connectivity index (χ3n) is 1.44. The lowest BCUT2D eigenvalue weighted by Gasteiger charge is -1.96. The molecule has 0 aromatic heterocycles. The maximum Gasteiger partial charge on any atom is 0.289 e. The van der Waals surface area contributed by atoms with Gasteiger partial charge in [0.25, 0.3) is 11.9 Å². The van der Waals surface area contributed by atoms with Crippen LogP contribution < -0.4 is 5.73 Å². The van der Waals surface area contributed by atoms with Gasteiger partial charge in [0.1, 0.15) is 0 Å². The third kappa shape index (κ3) is 2.59. The Morgan fingerprint density at radius 1 is 1.38 bits per heavy atom. The summed E-state index contributed by atoms with van der Waals surface area (Å²) in [5, 5.41) is 0. The minimum absolute atomic E-state index is 0.131. The van der Waals surface area contributed by atoms with Crippen LogP contribution in [0.15, 0.2) is 35.3 Å². The molecule has 0 saturated heterocycles. The van der Waals surface area contributed by atoms with Crippen LogP contribution in [0, 0.1) is 0 Å². The van der Waals surface area contributed by atoms with Crippen molar-refractivity contribution in [1.29, 1.82) is 0 Å². The van der Waals surface area contributed by atoms with Crippen LogP contribution in [0.4, 0.5) is 0 Å². The van der Waals surface area contributed by atoms with E-state index < -0.39 is 5.91 Å². The normalized spacial score (nSPS) is 11.0. The molecule has 13 heavy (non-hydrogen) atoms. The van der Waals surface area contributed by atoms with Crippen molar-refractivity contribution in [3.63, 3.8) is 0 Å². The summed E-state index contributed by atoms with van der Waals surface area (Å²) < 4.78 is 4.55. The number of amidine groups is 1. The topological polar surface area (TPSA) is 64.7 Å². The number of carbonyl (C=O) groups is 1. The smallest absolute Gasteiger partial charge is 0.289 e. The van der Waals surface area contributed by atoms with E-state index >= 15 is 0 Å². The van der Waals surface area contributed by atoms with E-state index in [2.05, 4.69) is 9.73 Å². The Balaban J connectivity index is 2.81. The molecule has 0 atom stereocenters. The zero-order valence-electron chi connectivity index (χ0n) is 7.23. The van der Waals surface area contributed by atoms with Crippen LogP contribution in [0.25, 0.3) is 0 Å². The maximum absolute atomic E-state index is 11.3. The zero-order valence-corrected chi connectivity index (χ0v) is 7.23. The molecule has 0 aliphatic carbocycles. The van der Waals surface area contributed by atoms with Gasteiger partial charge in [-0.05, 0) is 12.1 Å². The number of hydrogen-bond donors (Lipinski definition) is 1. The molecule has 4 nitrogen and oxygen atoms in total. The highest BCUT2D eigenvalue weighted by molar-refractivity contribution is 6.00. The second-order valence-corrected chi connectivity index (χ2v) is 2.33. The van der Waals surface area contributed by atoms with Crippen molar-refractivity contribution in [1.82, 2.24) is 0 Å². The first kappa shape index (κ1) is 9.25. The number of nitrogens with zero attached hydrogens (tertiary/aromatic N) is 1. The van der Waals surface area contributed by atoms with Gasteiger partial charge in [-0.15, -0.1) is 0 Å². The number of ether oxygens (including phenoxy) is 1. The summed E-state index contributed by atoms with van der Waals surface area (Å²) >= 11 is 0. The van der Waals surface area contributed by atoms with Crippen molar-refractivity contribution in [2.45, 2.75) is 0 Å². The molecule has 0 fully saturated rings. The molecule has 68 valence electrons. The molecule has 0 aliphatic heterocycles. The number of benzene rings is 1. The fraction of sp³-hybridized carbons (Fsp3) is 0.111. The summed E-state index contributed by atoms with van der Waals surface area (Å²) in [5.41, 5.74) is 5.71. The molecule has 0 bridgehead atoms. The van der Waals surface area contributed by atoms with E-state index in [9.17, 15) is 4.79 Å². The summed E-state index contributed by atoms with van der Waals surface area (Å²) in [4.78, 5) is 14.8. The lowest BCUT2D eigenvalue weighted by Crippen LogP contribution is -2.16. The van der Waals surface area contributed by atoms with Gasteiger partial charge in [0.05, 0.1) is 7.11 Å². The van der Waals surface area contributed by atoms with E-state index in [1.807, 2.05) is 6.07 Å². The first-order valence-electron chi connectivity index (χ1n) is 3.71. The minimum Gasteiger partial charge on any atom is -0.468 e. The lowest BCUT2D eigenvalue weighted by atomic mass is 10.2. The predicted octanol–water partition coefficient (Wildman–Crippen LogP) is 0.788. The van der Waals surface area contributed by atoms with Gasteiger partial charge in [0.2, 0.25) is 0 Å². The first-order chi connectivity index (χ1) is 6.24. The van der Waals surface area contributed by atoms with Crippen LogP contribution in [0.2, 0.25) is 0 Å². The predicted molar refractivity (Wildman–Crippen MR) is 49.4 cm³/mol. The molecule has 0 radical (unpaired) electrons. The Morgan fingerprint density at radius 3 is 2.54 bits per heavy atom. The van der Waals surface area contributed by atoms with E-state index in [1.165, 1.54) is 7.11 Å². The van der Waals surface area contributed by atoms with Gasteiger partial charge in [0, 0.05) is 5.56 Å². The van der Waals surface area contributed by atoms with Crippen molar-refractivity contribution in [2.75, 3.05) is 7.11 Å². The fourth-order valence-electron chi connectivity index (χ4n) is 0.791. The van der Waals surface area contributed by atoms with Gasteiger partial charge in [0.15, 0.2) is 0 Å². The molecule has 4 heteroatoms. The van der Waals surface area contributed by atoms with Crippen LogP contribution in [-0.2, 0) is 4.74 Å². The Labute approximate surface area is 76.0 Å². The Morgan fingerprint density at radius 2 is 2.00 bits per heavy atom. The highest BCUT2D eigenvalue weighted by Crippen LogP contribution is 2.00. The highest BCUT2D eigenvalue weighted by atomic mass is 16.5. The van der Waals surface area contributed by atoms with Gasteiger partial charge in [-0.1, -0.05) is 18.2 Å². The molecule has 0 unspecified atom stereocenters. The molecule has 0 spiro atoms. The van der Waals surface area contributed by atoms with Crippen LogP contribution in [0.5, 0.6) is 0 Å². The molecule has 0 saturated carbocycles. The quantitative estimate of drug-likeness (QED) is 0.510. The minimum atomic E-state index is -0.403. The van der Waals surface area contributed by atoms with Crippen molar-refractivity contribution in [2.24, 2.45) is 10.7 Å². The number of carbonyl (C=O) groups excluding carboxylic acids is 1. The Hall–Kier alpha value is -1.84. The van der Waals surface area contributed by atoms with Gasteiger partial charge in [-0.3, -0.25) is 4.79 Å². The number of methoxy groups -OCH3 is 1. The average molecular weight is 178 g/mol. The summed E-state index contributed by atoms with van der Waals surface area (Å²) in [5.74, 6) is -0.403. The van der Waals surface area contributed by atoms with E-state index in [0.29, 0.717) is 5.56 Å². The third-order valence-corrected chi connectivity index (χ3v) is 1.44. The maximum atomic E-state index is 11.3. The van der Waals surface area contributed by atoms with Crippen LogP contribution in [0.1, 0.15) is 10.4 Å². The van der Waals surface area contributed by atoms with E-state index in [4.69, 9.17) is 5.73 Å².